The van der Waals surface area contributed by atoms with Crippen molar-refractivity contribution in [3.63, 3.8) is 0 Å². The van der Waals surface area contributed by atoms with Crippen LogP contribution in [-0.4, -0.2) is 42.9 Å². The SMILES string of the molecule is CCNc1ccccc1C(=O)N1CCCNC(=O)C1. The van der Waals surface area contributed by atoms with Crippen LogP contribution in [0.1, 0.15) is 23.7 Å². The van der Waals surface area contributed by atoms with Gasteiger partial charge in [0.2, 0.25) is 5.91 Å². The summed E-state index contributed by atoms with van der Waals surface area (Å²) in [7, 11) is 0. The maximum atomic E-state index is 12.5. The molecule has 0 radical (unpaired) electrons. The molecule has 0 saturated carbocycles. The third kappa shape index (κ3) is 3.24. The maximum absolute atomic E-state index is 12.5. The molecule has 2 rings (SSSR count). The van der Waals surface area contributed by atoms with E-state index < -0.39 is 0 Å². The second-order valence-corrected chi connectivity index (χ2v) is 4.51. The summed E-state index contributed by atoms with van der Waals surface area (Å²) in [6.45, 7) is 4.13. The van der Waals surface area contributed by atoms with E-state index in [1.807, 2.05) is 25.1 Å². The van der Waals surface area contributed by atoms with Gasteiger partial charge >= 0.3 is 0 Å². The number of anilines is 1. The molecule has 1 aliphatic heterocycles. The Bertz CT molecular complexity index is 474. The van der Waals surface area contributed by atoms with Crippen LogP contribution >= 0.6 is 0 Å². The van der Waals surface area contributed by atoms with Crippen molar-refractivity contribution in [2.45, 2.75) is 13.3 Å². The molecule has 0 bridgehead atoms. The van der Waals surface area contributed by atoms with E-state index in [2.05, 4.69) is 10.6 Å². The van der Waals surface area contributed by atoms with Crippen LogP contribution < -0.4 is 10.6 Å². The summed E-state index contributed by atoms with van der Waals surface area (Å²) in [5.41, 5.74) is 1.44. The van der Waals surface area contributed by atoms with Crippen LogP contribution in [0.15, 0.2) is 24.3 Å². The van der Waals surface area contributed by atoms with Gasteiger partial charge in [-0.15, -0.1) is 0 Å². The van der Waals surface area contributed by atoms with Gasteiger partial charge in [-0.2, -0.15) is 0 Å². The molecule has 1 fully saturated rings. The van der Waals surface area contributed by atoms with Crippen molar-refractivity contribution in [2.24, 2.45) is 0 Å². The summed E-state index contributed by atoms with van der Waals surface area (Å²) < 4.78 is 0. The normalized spacial score (nSPS) is 15.6. The first-order valence-electron chi connectivity index (χ1n) is 6.61. The fourth-order valence-corrected chi connectivity index (χ4v) is 2.16. The van der Waals surface area contributed by atoms with Crippen LogP contribution in [0.25, 0.3) is 0 Å². The van der Waals surface area contributed by atoms with E-state index in [-0.39, 0.29) is 18.4 Å². The number of amides is 2. The number of hydrogen-bond acceptors (Lipinski definition) is 3. The first-order chi connectivity index (χ1) is 9.22. The first-order valence-corrected chi connectivity index (χ1v) is 6.61. The van der Waals surface area contributed by atoms with Crippen molar-refractivity contribution in [3.8, 4) is 0 Å². The van der Waals surface area contributed by atoms with Crippen molar-refractivity contribution in [1.82, 2.24) is 10.2 Å². The molecule has 1 heterocycles. The van der Waals surface area contributed by atoms with Gasteiger partial charge in [0.15, 0.2) is 0 Å². The molecule has 0 unspecified atom stereocenters. The Morgan fingerprint density at radius 1 is 1.42 bits per heavy atom. The van der Waals surface area contributed by atoms with Crippen LogP contribution in [0, 0.1) is 0 Å². The summed E-state index contributed by atoms with van der Waals surface area (Å²) in [6.07, 6.45) is 0.793. The number of carbonyl (C=O) groups excluding carboxylic acids is 2. The highest BCUT2D eigenvalue weighted by Crippen LogP contribution is 2.17. The number of nitrogens with one attached hydrogen (secondary N) is 2. The third-order valence-corrected chi connectivity index (χ3v) is 3.07. The second kappa shape index (κ2) is 6.22. The summed E-state index contributed by atoms with van der Waals surface area (Å²) in [5.74, 6) is -0.180. The molecule has 0 atom stereocenters. The van der Waals surface area contributed by atoms with Gasteiger partial charge in [0.05, 0.1) is 12.1 Å². The van der Waals surface area contributed by atoms with Crippen molar-refractivity contribution in [1.29, 1.82) is 0 Å². The minimum atomic E-state index is -0.0909. The topological polar surface area (TPSA) is 61.4 Å². The van der Waals surface area contributed by atoms with Gasteiger partial charge in [0.1, 0.15) is 0 Å². The fraction of sp³-hybridized carbons (Fsp3) is 0.429. The minimum absolute atomic E-state index is 0.0893. The lowest BCUT2D eigenvalue weighted by molar-refractivity contribution is -0.121. The lowest BCUT2D eigenvalue weighted by Crippen LogP contribution is -2.37. The summed E-state index contributed by atoms with van der Waals surface area (Å²) >= 11 is 0. The number of hydrogen-bond donors (Lipinski definition) is 2. The smallest absolute Gasteiger partial charge is 0.256 e. The first kappa shape index (κ1) is 13.4. The van der Waals surface area contributed by atoms with Crippen LogP contribution in [0.5, 0.6) is 0 Å². The molecule has 19 heavy (non-hydrogen) atoms. The zero-order valence-corrected chi connectivity index (χ0v) is 11.1. The zero-order valence-electron chi connectivity index (χ0n) is 11.1. The zero-order chi connectivity index (χ0) is 13.7. The highest BCUT2D eigenvalue weighted by molar-refractivity contribution is 6.01. The van der Waals surface area contributed by atoms with E-state index in [0.29, 0.717) is 18.7 Å². The van der Waals surface area contributed by atoms with Gasteiger partial charge in [0.25, 0.3) is 5.91 Å². The van der Waals surface area contributed by atoms with Gasteiger partial charge in [-0.05, 0) is 25.5 Å². The number of para-hydroxylation sites is 1. The molecule has 1 aliphatic rings. The Labute approximate surface area is 113 Å². The number of nitrogens with zero attached hydrogens (tertiary/aromatic N) is 1. The Hall–Kier alpha value is -2.04. The van der Waals surface area contributed by atoms with E-state index in [9.17, 15) is 9.59 Å². The van der Waals surface area contributed by atoms with E-state index in [4.69, 9.17) is 0 Å². The van der Waals surface area contributed by atoms with Crippen LogP contribution in [0.4, 0.5) is 5.69 Å². The van der Waals surface area contributed by atoms with Crippen LogP contribution in [-0.2, 0) is 4.79 Å². The Balaban J connectivity index is 2.20. The average molecular weight is 261 g/mol. The van der Waals surface area contributed by atoms with Gasteiger partial charge in [0, 0.05) is 25.3 Å². The van der Waals surface area contributed by atoms with Crippen molar-refractivity contribution >= 4 is 17.5 Å². The molecule has 1 aromatic rings. The van der Waals surface area contributed by atoms with Crippen molar-refractivity contribution < 1.29 is 9.59 Å². The van der Waals surface area contributed by atoms with Crippen molar-refractivity contribution in [3.05, 3.63) is 29.8 Å². The quantitative estimate of drug-likeness (QED) is 0.856. The van der Waals surface area contributed by atoms with Gasteiger partial charge in [-0.25, -0.2) is 0 Å². The third-order valence-electron chi connectivity index (χ3n) is 3.07. The molecular formula is C14H19N3O2. The summed E-state index contributed by atoms with van der Waals surface area (Å²) in [6, 6.07) is 7.41. The summed E-state index contributed by atoms with van der Waals surface area (Å²) in [5, 5.41) is 5.95. The Kier molecular flexibility index (Phi) is 4.39. The molecule has 0 aliphatic carbocycles. The second-order valence-electron chi connectivity index (χ2n) is 4.51. The number of benzene rings is 1. The molecule has 2 amide bonds. The Morgan fingerprint density at radius 3 is 3.00 bits per heavy atom. The van der Waals surface area contributed by atoms with E-state index in [0.717, 1.165) is 18.7 Å². The molecule has 5 heteroatoms. The average Bonchev–Trinajstić information content (AvgIpc) is 2.64. The largest absolute Gasteiger partial charge is 0.385 e. The van der Waals surface area contributed by atoms with Crippen LogP contribution in [0.2, 0.25) is 0 Å². The molecular weight excluding hydrogens is 242 g/mol. The molecule has 1 aromatic carbocycles. The van der Waals surface area contributed by atoms with Gasteiger partial charge in [-0.3, -0.25) is 9.59 Å². The van der Waals surface area contributed by atoms with Crippen LogP contribution in [0.3, 0.4) is 0 Å². The van der Waals surface area contributed by atoms with E-state index in [1.165, 1.54) is 0 Å². The predicted octanol–water partition coefficient (Wildman–Crippen LogP) is 1.08. The molecule has 2 N–H and O–H groups in total. The number of rotatable bonds is 3. The molecule has 0 spiro atoms. The fourth-order valence-electron chi connectivity index (χ4n) is 2.16. The Morgan fingerprint density at radius 2 is 2.21 bits per heavy atom. The highest BCUT2D eigenvalue weighted by Gasteiger charge is 2.22. The van der Waals surface area contributed by atoms with Gasteiger partial charge in [-0.1, -0.05) is 12.1 Å². The standard InChI is InChI=1S/C14H19N3O2/c1-2-15-12-7-4-3-6-11(12)14(19)17-9-5-8-16-13(18)10-17/h3-4,6-7,15H,2,5,8-10H2,1H3,(H,16,18). The van der Waals surface area contributed by atoms with Gasteiger partial charge < -0.3 is 15.5 Å². The molecule has 5 nitrogen and oxygen atoms in total. The van der Waals surface area contributed by atoms with E-state index >= 15 is 0 Å². The molecule has 102 valence electrons. The lowest BCUT2D eigenvalue weighted by Gasteiger charge is -2.20. The molecule has 1 saturated heterocycles. The lowest BCUT2D eigenvalue weighted by atomic mass is 10.1. The highest BCUT2D eigenvalue weighted by atomic mass is 16.2. The predicted molar refractivity (Wildman–Crippen MR) is 74.1 cm³/mol. The van der Waals surface area contributed by atoms with E-state index in [1.54, 1.807) is 11.0 Å². The monoisotopic (exact) mass is 261 g/mol. The molecule has 0 aromatic heterocycles. The number of carbonyl (C=O) groups is 2. The summed E-state index contributed by atoms with van der Waals surface area (Å²) in [4.78, 5) is 25.6. The van der Waals surface area contributed by atoms with Crippen molar-refractivity contribution in [2.75, 3.05) is 31.5 Å². The maximum Gasteiger partial charge on any atom is 0.256 e. The minimum Gasteiger partial charge on any atom is -0.385 e.